The van der Waals surface area contributed by atoms with Crippen LogP contribution < -0.4 is 19.5 Å². The Morgan fingerprint density at radius 1 is 0.879 bits per heavy atom. The smallest absolute Gasteiger partial charge is 0.255 e. The molecule has 1 aliphatic heterocycles. The Bertz CT molecular complexity index is 1270. The summed E-state index contributed by atoms with van der Waals surface area (Å²) in [5, 5.41) is 2.85. The third-order valence-electron chi connectivity index (χ3n) is 5.48. The minimum atomic E-state index is -3.63. The number of amides is 1. The van der Waals surface area contributed by atoms with Crippen LogP contribution >= 0.6 is 0 Å². The van der Waals surface area contributed by atoms with Gasteiger partial charge in [0.1, 0.15) is 0 Å². The highest BCUT2D eigenvalue weighted by Crippen LogP contribution is 2.32. The van der Waals surface area contributed by atoms with Crippen LogP contribution in [0.15, 0.2) is 65.6 Å². The number of carbonyl (C=O) groups excluding carboxylic acids is 1. The van der Waals surface area contributed by atoms with E-state index in [1.54, 1.807) is 60.7 Å². The highest BCUT2D eigenvalue weighted by Gasteiger charge is 2.15. The van der Waals surface area contributed by atoms with Gasteiger partial charge in [-0.1, -0.05) is 18.2 Å². The van der Waals surface area contributed by atoms with Crippen molar-refractivity contribution in [3.63, 3.8) is 0 Å². The van der Waals surface area contributed by atoms with E-state index in [4.69, 9.17) is 9.47 Å². The van der Waals surface area contributed by atoms with Crippen LogP contribution in [0.25, 0.3) is 0 Å². The third-order valence-corrected chi connectivity index (χ3v) is 6.88. The van der Waals surface area contributed by atoms with Crippen molar-refractivity contribution in [3.8, 4) is 11.5 Å². The summed E-state index contributed by atoms with van der Waals surface area (Å²) in [6, 6.07) is 17.1. The zero-order valence-electron chi connectivity index (χ0n) is 18.6. The number of hydrogen-bond acceptors (Lipinski definition) is 5. The van der Waals surface area contributed by atoms with Gasteiger partial charge in [0, 0.05) is 30.3 Å². The molecule has 1 aliphatic rings. The first kappa shape index (κ1) is 22.8. The molecule has 1 heterocycles. The molecule has 8 heteroatoms. The molecule has 0 atom stereocenters. The van der Waals surface area contributed by atoms with E-state index in [-0.39, 0.29) is 17.3 Å². The molecule has 172 valence electrons. The molecule has 0 saturated heterocycles. The molecule has 0 radical (unpaired) electrons. The van der Waals surface area contributed by atoms with Crippen LogP contribution in [0.2, 0.25) is 0 Å². The number of benzene rings is 3. The Morgan fingerprint density at radius 2 is 1.61 bits per heavy atom. The van der Waals surface area contributed by atoms with Crippen LogP contribution in [0.4, 0.5) is 5.69 Å². The molecule has 3 aromatic carbocycles. The second kappa shape index (κ2) is 9.64. The van der Waals surface area contributed by atoms with Gasteiger partial charge in [-0.15, -0.1) is 0 Å². The molecule has 1 amide bonds. The van der Waals surface area contributed by atoms with E-state index in [1.165, 1.54) is 0 Å². The van der Waals surface area contributed by atoms with Gasteiger partial charge in [0.05, 0.1) is 18.1 Å². The summed E-state index contributed by atoms with van der Waals surface area (Å²) in [6.45, 7) is 5.11. The highest BCUT2D eigenvalue weighted by molar-refractivity contribution is 7.89. The predicted molar refractivity (Wildman–Crippen MR) is 126 cm³/mol. The van der Waals surface area contributed by atoms with Crippen molar-refractivity contribution < 1.29 is 22.7 Å². The SMILES string of the molecule is Cc1ccc(S(=O)(=O)NCc2ccc(C(=O)Nc3ccc4c(c3)OCCCO4)cc2)cc1C. The Hall–Kier alpha value is -3.36. The summed E-state index contributed by atoms with van der Waals surface area (Å²) < 4.78 is 39.0. The summed E-state index contributed by atoms with van der Waals surface area (Å²) >= 11 is 0. The van der Waals surface area contributed by atoms with Gasteiger partial charge in [0.25, 0.3) is 5.91 Å². The molecule has 2 N–H and O–H groups in total. The second-order valence-corrected chi connectivity index (χ2v) is 9.70. The van der Waals surface area contributed by atoms with Gasteiger partial charge in [-0.3, -0.25) is 4.79 Å². The van der Waals surface area contributed by atoms with E-state index in [0.29, 0.717) is 36.0 Å². The monoisotopic (exact) mass is 466 g/mol. The number of rotatable bonds is 6. The summed E-state index contributed by atoms with van der Waals surface area (Å²) in [5.41, 5.74) is 3.77. The van der Waals surface area contributed by atoms with Crippen molar-refractivity contribution in [1.82, 2.24) is 4.72 Å². The van der Waals surface area contributed by atoms with Crippen molar-refractivity contribution in [2.75, 3.05) is 18.5 Å². The number of fused-ring (bicyclic) bond motifs is 1. The Balaban J connectivity index is 1.38. The first-order valence-electron chi connectivity index (χ1n) is 10.7. The summed E-state index contributed by atoms with van der Waals surface area (Å²) in [7, 11) is -3.63. The molecule has 0 unspecified atom stereocenters. The number of anilines is 1. The molecule has 33 heavy (non-hydrogen) atoms. The van der Waals surface area contributed by atoms with Gasteiger partial charge in [-0.05, 0) is 66.9 Å². The lowest BCUT2D eigenvalue weighted by Crippen LogP contribution is -2.23. The van der Waals surface area contributed by atoms with Crippen LogP contribution in [0.1, 0.15) is 33.5 Å². The van der Waals surface area contributed by atoms with Crippen molar-refractivity contribution >= 4 is 21.6 Å². The Labute approximate surface area is 193 Å². The molecule has 0 aliphatic carbocycles. The summed E-state index contributed by atoms with van der Waals surface area (Å²) in [5.74, 6) is 1.00. The first-order valence-corrected chi connectivity index (χ1v) is 12.2. The van der Waals surface area contributed by atoms with E-state index >= 15 is 0 Å². The highest BCUT2D eigenvalue weighted by atomic mass is 32.2. The van der Waals surface area contributed by atoms with Gasteiger partial charge < -0.3 is 14.8 Å². The van der Waals surface area contributed by atoms with Crippen molar-refractivity contribution in [3.05, 3.63) is 82.9 Å². The van der Waals surface area contributed by atoms with Crippen LogP contribution in [0, 0.1) is 13.8 Å². The average Bonchev–Trinajstić information content (AvgIpc) is 3.05. The Kier molecular flexibility index (Phi) is 6.67. The quantitative estimate of drug-likeness (QED) is 0.568. The maximum atomic E-state index is 12.6. The lowest BCUT2D eigenvalue weighted by Gasteiger charge is -2.11. The zero-order chi connectivity index (χ0) is 23.4. The Morgan fingerprint density at radius 3 is 2.33 bits per heavy atom. The fourth-order valence-corrected chi connectivity index (χ4v) is 4.46. The van der Waals surface area contributed by atoms with Crippen molar-refractivity contribution in [2.45, 2.75) is 31.7 Å². The normalized spacial score (nSPS) is 13.3. The maximum absolute atomic E-state index is 12.6. The molecule has 0 saturated carbocycles. The van der Waals surface area contributed by atoms with E-state index in [0.717, 1.165) is 23.1 Å². The average molecular weight is 467 g/mol. The summed E-state index contributed by atoms with van der Waals surface area (Å²) in [4.78, 5) is 12.9. The molecular formula is C25H26N2O5S. The predicted octanol–water partition coefficient (Wildman–Crippen LogP) is 4.20. The van der Waals surface area contributed by atoms with Gasteiger partial charge >= 0.3 is 0 Å². The number of sulfonamides is 1. The van der Waals surface area contributed by atoms with E-state index in [2.05, 4.69) is 10.0 Å². The molecule has 3 aromatic rings. The zero-order valence-corrected chi connectivity index (χ0v) is 19.4. The van der Waals surface area contributed by atoms with Crippen molar-refractivity contribution in [1.29, 1.82) is 0 Å². The molecule has 4 rings (SSSR count). The van der Waals surface area contributed by atoms with Crippen LogP contribution in [0.3, 0.4) is 0 Å². The minimum Gasteiger partial charge on any atom is -0.490 e. The second-order valence-electron chi connectivity index (χ2n) is 7.93. The first-order chi connectivity index (χ1) is 15.8. The molecule has 0 spiro atoms. The van der Waals surface area contributed by atoms with Gasteiger partial charge in [-0.25, -0.2) is 13.1 Å². The fraction of sp³-hybridized carbons (Fsp3) is 0.240. The van der Waals surface area contributed by atoms with E-state index < -0.39 is 10.0 Å². The topological polar surface area (TPSA) is 93.7 Å². The third kappa shape index (κ3) is 5.53. The number of carbonyl (C=O) groups is 1. The maximum Gasteiger partial charge on any atom is 0.255 e. The minimum absolute atomic E-state index is 0.124. The number of aryl methyl sites for hydroxylation is 2. The lowest BCUT2D eigenvalue weighted by molar-refractivity contribution is 0.102. The van der Waals surface area contributed by atoms with Gasteiger partial charge in [-0.2, -0.15) is 0 Å². The molecule has 0 fully saturated rings. The summed E-state index contributed by atoms with van der Waals surface area (Å²) in [6.07, 6.45) is 0.809. The number of ether oxygens (including phenoxy) is 2. The molecular weight excluding hydrogens is 440 g/mol. The van der Waals surface area contributed by atoms with Crippen LogP contribution in [-0.4, -0.2) is 27.5 Å². The van der Waals surface area contributed by atoms with Crippen molar-refractivity contribution in [2.24, 2.45) is 0 Å². The van der Waals surface area contributed by atoms with Crippen LogP contribution in [0.5, 0.6) is 11.5 Å². The molecule has 0 bridgehead atoms. The standard InChI is InChI=1S/C25H26N2O5S/c1-17-4-10-22(14-18(17)2)33(29,30)26-16-19-5-7-20(8-6-19)25(28)27-21-9-11-23-24(15-21)32-13-3-12-31-23/h4-11,14-15,26H,3,12-13,16H2,1-2H3,(H,27,28). The molecule has 0 aromatic heterocycles. The largest absolute Gasteiger partial charge is 0.490 e. The van der Waals surface area contributed by atoms with Gasteiger partial charge in [0.2, 0.25) is 10.0 Å². The fourth-order valence-electron chi connectivity index (χ4n) is 3.36. The number of nitrogens with one attached hydrogen (secondary N) is 2. The van der Waals surface area contributed by atoms with Crippen LogP contribution in [-0.2, 0) is 16.6 Å². The van der Waals surface area contributed by atoms with Gasteiger partial charge in [0.15, 0.2) is 11.5 Å². The van der Waals surface area contributed by atoms with E-state index in [1.807, 2.05) is 13.8 Å². The molecule has 7 nitrogen and oxygen atoms in total. The van der Waals surface area contributed by atoms with E-state index in [9.17, 15) is 13.2 Å². The number of hydrogen-bond donors (Lipinski definition) is 2. The lowest BCUT2D eigenvalue weighted by atomic mass is 10.1.